The Kier molecular flexibility index (Phi) is 3.77. The van der Waals surface area contributed by atoms with Crippen molar-refractivity contribution in [2.75, 3.05) is 7.11 Å². The van der Waals surface area contributed by atoms with Gasteiger partial charge in [-0.25, -0.2) is 0 Å². The number of halogens is 1. The smallest absolute Gasteiger partial charge is 0.324 e. The van der Waals surface area contributed by atoms with E-state index in [1.165, 1.54) is 7.11 Å². The number of carbonyl (C=O) groups is 1. The second-order valence-electron chi connectivity index (χ2n) is 2.68. The first-order valence-electron chi connectivity index (χ1n) is 4.00. The number of benzene rings is 1. The van der Waals surface area contributed by atoms with Crippen molar-refractivity contribution >= 4 is 17.6 Å². The molecule has 0 amide bonds. The fourth-order valence-corrected chi connectivity index (χ4v) is 1.30. The Labute approximate surface area is 82.5 Å². The van der Waals surface area contributed by atoms with E-state index in [1.54, 1.807) is 0 Å². The number of rotatable bonds is 3. The van der Waals surface area contributed by atoms with E-state index in [1.807, 2.05) is 30.3 Å². The summed E-state index contributed by atoms with van der Waals surface area (Å²) in [6.45, 7) is 0. The van der Waals surface area contributed by atoms with E-state index in [-0.39, 0.29) is 5.97 Å². The molecule has 1 atom stereocenters. The van der Waals surface area contributed by atoms with Crippen molar-refractivity contribution in [3.8, 4) is 0 Å². The van der Waals surface area contributed by atoms with E-state index in [9.17, 15) is 4.79 Å². The zero-order valence-electron chi connectivity index (χ0n) is 7.37. The standard InChI is InChI=1S/C10H11ClO2/c1-13-10(12)9(11)7-8-5-3-2-4-6-8/h2-6,9H,7H2,1H3/t9-/m1/s1. The van der Waals surface area contributed by atoms with Crippen molar-refractivity contribution in [2.24, 2.45) is 0 Å². The fraction of sp³-hybridized carbons (Fsp3) is 0.300. The van der Waals surface area contributed by atoms with E-state index < -0.39 is 5.38 Å². The third-order valence-corrected chi connectivity index (χ3v) is 2.05. The van der Waals surface area contributed by atoms with E-state index in [0.717, 1.165) is 5.56 Å². The molecule has 0 spiro atoms. The summed E-state index contributed by atoms with van der Waals surface area (Å²) in [5.74, 6) is -0.384. The summed E-state index contributed by atoms with van der Waals surface area (Å²) >= 11 is 5.79. The van der Waals surface area contributed by atoms with Gasteiger partial charge in [0.1, 0.15) is 5.38 Å². The Bertz CT molecular complexity index is 272. The third-order valence-electron chi connectivity index (χ3n) is 1.71. The van der Waals surface area contributed by atoms with Crippen molar-refractivity contribution in [3.05, 3.63) is 35.9 Å². The number of alkyl halides is 1. The van der Waals surface area contributed by atoms with Crippen LogP contribution >= 0.6 is 11.6 Å². The average Bonchev–Trinajstić information content (AvgIpc) is 2.18. The van der Waals surface area contributed by atoms with Gasteiger partial charge in [-0.2, -0.15) is 0 Å². The van der Waals surface area contributed by atoms with Crippen LogP contribution in [0.1, 0.15) is 5.56 Å². The van der Waals surface area contributed by atoms with Crippen LogP contribution in [0.15, 0.2) is 30.3 Å². The zero-order chi connectivity index (χ0) is 9.68. The van der Waals surface area contributed by atoms with Crippen LogP contribution in [-0.4, -0.2) is 18.5 Å². The van der Waals surface area contributed by atoms with Crippen LogP contribution in [0.25, 0.3) is 0 Å². The van der Waals surface area contributed by atoms with Gasteiger partial charge in [-0.05, 0) is 12.0 Å². The highest BCUT2D eigenvalue weighted by Gasteiger charge is 2.15. The van der Waals surface area contributed by atoms with Crippen LogP contribution in [0.2, 0.25) is 0 Å². The maximum absolute atomic E-state index is 11.0. The molecule has 70 valence electrons. The maximum atomic E-state index is 11.0. The molecule has 0 aliphatic heterocycles. The number of ether oxygens (including phenoxy) is 1. The van der Waals surface area contributed by atoms with Crippen molar-refractivity contribution in [3.63, 3.8) is 0 Å². The molecule has 2 nitrogen and oxygen atoms in total. The van der Waals surface area contributed by atoms with E-state index in [0.29, 0.717) is 6.42 Å². The largest absolute Gasteiger partial charge is 0.468 e. The second-order valence-corrected chi connectivity index (χ2v) is 3.21. The molecule has 1 rings (SSSR count). The molecular formula is C10H11ClO2. The molecule has 3 heteroatoms. The molecule has 0 saturated heterocycles. The second kappa shape index (κ2) is 4.87. The zero-order valence-corrected chi connectivity index (χ0v) is 8.12. The van der Waals surface area contributed by atoms with Gasteiger partial charge in [-0.1, -0.05) is 30.3 Å². The quantitative estimate of drug-likeness (QED) is 0.549. The Morgan fingerprint density at radius 2 is 2.08 bits per heavy atom. The highest BCUT2D eigenvalue weighted by molar-refractivity contribution is 6.30. The number of methoxy groups -OCH3 is 1. The summed E-state index contributed by atoms with van der Waals surface area (Å²) in [6, 6.07) is 9.61. The van der Waals surface area contributed by atoms with Gasteiger partial charge < -0.3 is 4.74 Å². The van der Waals surface area contributed by atoms with Crippen molar-refractivity contribution < 1.29 is 9.53 Å². The summed E-state index contributed by atoms with van der Waals surface area (Å²) in [4.78, 5) is 11.0. The first-order valence-corrected chi connectivity index (χ1v) is 4.43. The Hall–Kier alpha value is -1.02. The molecule has 0 bridgehead atoms. The van der Waals surface area contributed by atoms with Crippen molar-refractivity contribution in [1.82, 2.24) is 0 Å². The highest BCUT2D eigenvalue weighted by Crippen LogP contribution is 2.08. The van der Waals surface area contributed by atoms with Crippen molar-refractivity contribution in [1.29, 1.82) is 0 Å². The minimum atomic E-state index is -0.590. The Morgan fingerprint density at radius 3 is 2.62 bits per heavy atom. The SMILES string of the molecule is COC(=O)[C@H](Cl)Cc1ccccc1. The molecule has 0 aliphatic carbocycles. The molecule has 1 aromatic rings. The maximum Gasteiger partial charge on any atom is 0.324 e. The predicted molar refractivity (Wildman–Crippen MR) is 51.8 cm³/mol. The third kappa shape index (κ3) is 3.07. The molecule has 0 radical (unpaired) electrons. The van der Waals surface area contributed by atoms with Crippen LogP contribution in [0.5, 0.6) is 0 Å². The normalized spacial score (nSPS) is 12.2. The van der Waals surface area contributed by atoms with Crippen LogP contribution in [0, 0.1) is 0 Å². The molecule has 0 fully saturated rings. The number of hydrogen-bond acceptors (Lipinski definition) is 2. The monoisotopic (exact) mass is 198 g/mol. The molecule has 0 unspecified atom stereocenters. The molecule has 13 heavy (non-hydrogen) atoms. The number of carbonyl (C=O) groups excluding carboxylic acids is 1. The van der Waals surface area contributed by atoms with Gasteiger partial charge in [0, 0.05) is 0 Å². The lowest BCUT2D eigenvalue weighted by molar-refractivity contribution is -0.140. The lowest BCUT2D eigenvalue weighted by Gasteiger charge is -2.06. The van der Waals surface area contributed by atoms with Gasteiger partial charge in [0.25, 0.3) is 0 Å². The van der Waals surface area contributed by atoms with Crippen LogP contribution in [0.4, 0.5) is 0 Å². The summed E-state index contributed by atoms with van der Waals surface area (Å²) in [6.07, 6.45) is 0.509. The lowest BCUT2D eigenvalue weighted by atomic mass is 10.1. The van der Waals surface area contributed by atoms with Gasteiger partial charge >= 0.3 is 5.97 Å². The molecular weight excluding hydrogens is 188 g/mol. The van der Waals surface area contributed by atoms with Gasteiger partial charge in [0.05, 0.1) is 7.11 Å². The highest BCUT2D eigenvalue weighted by atomic mass is 35.5. The van der Waals surface area contributed by atoms with Crippen LogP contribution in [-0.2, 0) is 16.0 Å². The minimum Gasteiger partial charge on any atom is -0.468 e. The average molecular weight is 199 g/mol. The van der Waals surface area contributed by atoms with E-state index in [4.69, 9.17) is 11.6 Å². The molecule has 0 aromatic heterocycles. The molecule has 0 heterocycles. The van der Waals surface area contributed by atoms with Crippen LogP contribution in [0.3, 0.4) is 0 Å². The summed E-state index contributed by atoms with van der Waals surface area (Å²) in [5, 5.41) is -0.590. The van der Waals surface area contributed by atoms with E-state index >= 15 is 0 Å². The molecule has 0 aliphatic rings. The number of hydrogen-bond donors (Lipinski definition) is 0. The molecule has 0 N–H and O–H groups in total. The first-order chi connectivity index (χ1) is 6.24. The predicted octanol–water partition coefficient (Wildman–Crippen LogP) is 2.01. The summed E-state index contributed by atoms with van der Waals surface area (Å²) < 4.78 is 4.51. The summed E-state index contributed by atoms with van der Waals surface area (Å²) in [5.41, 5.74) is 1.04. The van der Waals surface area contributed by atoms with Crippen molar-refractivity contribution in [2.45, 2.75) is 11.8 Å². The first kappa shape index (κ1) is 10.1. The molecule has 1 aromatic carbocycles. The number of esters is 1. The summed E-state index contributed by atoms with van der Waals surface area (Å²) in [7, 11) is 1.34. The van der Waals surface area contributed by atoms with Crippen LogP contribution < -0.4 is 0 Å². The Morgan fingerprint density at radius 1 is 1.46 bits per heavy atom. The lowest BCUT2D eigenvalue weighted by Crippen LogP contribution is -2.18. The molecule has 0 saturated carbocycles. The topological polar surface area (TPSA) is 26.3 Å². The van der Waals surface area contributed by atoms with Gasteiger partial charge in [-0.15, -0.1) is 11.6 Å². The van der Waals surface area contributed by atoms with Gasteiger partial charge in [-0.3, -0.25) is 4.79 Å². The fourth-order valence-electron chi connectivity index (χ4n) is 1.03. The Balaban J connectivity index is 2.55. The van der Waals surface area contributed by atoms with E-state index in [2.05, 4.69) is 4.74 Å². The minimum absolute atomic E-state index is 0.384. The van der Waals surface area contributed by atoms with Gasteiger partial charge in [0.15, 0.2) is 0 Å². The van der Waals surface area contributed by atoms with Gasteiger partial charge in [0.2, 0.25) is 0 Å².